The number of likely N-dealkylation sites (tertiary alicyclic amines) is 1. The van der Waals surface area contributed by atoms with Crippen LogP contribution >= 0.6 is 0 Å². The molecule has 3 aromatic rings. The Hall–Kier alpha value is -3.02. The van der Waals surface area contributed by atoms with E-state index in [0.717, 1.165) is 48.3 Å². The topological polar surface area (TPSA) is 64.8 Å². The first-order valence-electron chi connectivity index (χ1n) is 9.82. The summed E-state index contributed by atoms with van der Waals surface area (Å²) in [4.78, 5) is 15.0. The quantitative estimate of drug-likeness (QED) is 0.692. The van der Waals surface area contributed by atoms with Crippen LogP contribution in [0.5, 0.6) is 11.5 Å². The fraction of sp³-hybridized carbons (Fsp3) is 0.364. The largest absolute Gasteiger partial charge is 0.490 e. The van der Waals surface area contributed by atoms with Gasteiger partial charge in [-0.1, -0.05) is 23.4 Å². The van der Waals surface area contributed by atoms with Crippen molar-refractivity contribution in [1.29, 1.82) is 0 Å². The molecule has 6 nitrogen and oxygen atoms in total. The molecule has 0 saturated carbocycles. The lowest BCUT2D eigenvalue weighted by molar-refractivity contribution is -0.131. The number of carbonyl (C=O) groups is 1. The minimum atomic E-state index is 0.0582. The van der Waals surface area contributed by atoms with Crippen molar-refractivity contribution in [3.05, 3.63) is 53.7 Å². The van der Waals surface area contributed by atoms with Crippen molar-refractivity contribution >= 4 is 16.9 Å². The van der Waals surface area contributed by atoms with Crippen LogP contribution in [0.15, 0.2) is 47.0 Å². The Labute approximate surface area is 163 Å². The standard InChI is InChI=1S/C22H22N2O4/c25-22(14-17-16-5-1-2-7-19(16)28-23-17)24-10-3-6-18(24)15-8-9-20-21(13-15)27-12-4-11-26-20/h1-2,5,7-9,13,18H,3-4,6,10-12,14H2/t18-/m0/s1. The van der Waals surface area contributed by atoms with E-state index in [0.29, 0.717) is 24.5 Å². The average Bonchev–Trinajstić information content (AvgIpc) is 3.30. The first-order valence-corrected chi connectivity index (χ1v) is 9.82. The molecule has 1 fully saturated rings. The van der Waals surface area contributed by atoms with Crippen molar-refractivity contribution in [3.8, 4) is 11.5 Å². The highest BCUT2D eigenvalue weighted by Gasteiger charge is 2.31. The number of para-hydroxylation sites is 1. The third-order valence-corrected chi connectivity index (χ3v) is 5.50. The second-order valence-electron chi connectivity index (χ2n) is 7.30. The van der Waals surface area contributed by atoms with Gasteiger partial charge >= 0.3 is 0 Å². The highest BCUT2D eigenvalue weighted by molar-refractivity contribution is 5.86. The summed E-state index contributed by atoms with van der Waals surface area (Å²) < 4.78 is 16.9. The Morgan fingerprint density at radius 1 is 1.07 bits per heavy atom. The van der Waals surface area contributed by atoms with Crippen LogP contribution in [-0.2, 0) is 11.2 Å². The number of carbonyl (C=O) groups excluding carboxylic acids is 1. The lowest BCUT2D eigenvalue weighted by Gasteiger charge is -2.25. The Morgan fingerprint density at radius 3 is 2.86 bits per heavy atom. The maximum atomic E-state index is 13.1. The van der Waals surface area contributed by atoms with E-state index in [2.05, 4.69) is 11.2 Å². The van der Waals surface area contributed by atoms with E-state index in [1.165, 1.54) is 0 Å². The summed E-state index contributed by atoms with van der Waals surface area (Å²) in [6.45, 7) is 2.09. The van der Waals surface area contributed by atoms with Gasteiger partial charge in [0.05, 0.1) is 25.7 Å². The van der Waals surface area contributed by atoms with Crippen LogP contribution < -0.4 is 9.47 Å². The number of rotatable bonds is 3. The minimum absolute atomic E-state index is 0.0582. The molecule has 28 heavy (non-hydrogen) atoms. The van der Waals surface area contributed by atoms with Gasteiger partial charge in [-0.05, 0) is 42.7 Å². The van der Waals surface area contributed by atoms with E-state index in [1.54, 1.807) is 0 Å². The molecule has 6 heteroatoms. The van der Waals surface area contributed by atoms with Crippen LogP contribution in [0.2, 0.25) is 0 Å². The molecule has 0 bridgehead atoms. The number of benzene rings is 2. The van der Waals surface area contributed by atoms with Gasteiger partial charge in [-0.3, -0.25) is 4.79 Å². The lowest BCUT2D eigenvalue weighted by atomic mass is 10.0. The fourth-order valence-electron chi connectivity index (χ4n) is 4.11. The Morgan fingerprint density at radius 2 is 1.93 bits per heavy atom. The molecular formula is C22H22N2O4. The molecule has 5 rings (SSSR count). The van der Waals surface area contributed by atoms with Gasteiger partial charge in [0, 0.05) is 18.4 Å². The van der Waals surface area contributed by atoms with Crippen LogP contribution in [0.4, 0.5) is 0 Å². The molecule has 144 valence electrons. The van der Waals surface area contributed by atoms with Gasteiger partial charge in [0.15, 0.2) is 17.1 Å². The van der Waals surface area contributed by atoms with Gasteiger partial charge in [-0.2, -0.15) is 0 Å². The summed E-state index contributed by atoms with van der Waals surface area (Å²) in [6.07, 6.45) is 3.07. The van der Waals surface area contributed by atoms with Gasteiger partial charge in [-0.15, -0.1) is 0 Å². The fourth-order valence-corrected chi connectivity index (χ4v) is 4.11. The van der Waals surface area contributed by atoms with Crippen molar-refractivity contribution in [2.45, 2.75) is 31.7 Å². The van der Waals surface area contributed by atoms with Gasteiger partial charge in [0.1, 0.15) is 5.69 Å². The number of ether oxygens (including phenoxy) is 2. The number of nitrogens with zero attached hydrogens (tertiary/aromatic N) is 2. The molecule has 0 spiro atoms. The van der Waals surface area contributed by atoms with Crippen LogP contribution in [0.1, 0.15) is 36.6 Å². The summed E-state index contributed by atoms with van der Waals surface area (Å²) in [5, 5.41) is 5.02. The first-order chi connectivity index (χ1) is 13.8. The Balaban J connectivity index is 1.38. The number of hydrogen-bond donors (Lipinski definition) is 0. The monoisotopic (exact) mass is 378 g/mol. The molecule has 1 saturated heterocycles. The second-order valence-corrected chi connectivity index (χ2v) is 7.30. The molecule has 2 aliphatic heterocycles. The van der Waals surface area contributed by atoms with Gasteiger partial charge in [-0.25, -0.2) is 0 Å². The smallest absolute Gasteiger partial charge is 0.229 e. The first kappa shape index (κ1) is 17.1. The van der Waals surface area contributed by atoms with Crippen molar-refractivity contribution in [2.75, 3.05) is 19.8 Å². The van der Waals surface area contributed by atoms with Crippen LogP contribution in [0.3, 0.4) is 0 Å². The van der Waals surface area contributed by atoms with Gasteiger partial charge < -0.3 is 18.9 Å². The van der Waals surface area contributed by atoms with E-state index in [-0.39, 0.29) is 18.4 Å². The van der Waals surface area contributed by atoms with Crippen LogP contribution in [-0.4, -0.2) is 35.7 Å². The summed E-state index contributed by atoms with van der Waals surface area (Å²) in [7, 11) is 0. The van der Waals surface area contributed by atoms with Crippen molar-refractivity contribution in [1.82, 2.24) is 10.1 Å². The summed E-state index contributed by atoms with van der Waals surface area (Å²) >= 11 is 0. The summed E-state index contributed by atoms with van der Waals surface area (Å²) in [6, 6.07) is 13.7. The minimum Gasteiger partial charge on any atom is -0.490 e. The van der Waals surface area contributed by atoms with Crippen LogP contribution in [0, 0.1) is 0 Å². The molecule has 0 aliphatic carbocycles. The summed E-state index contributed by atoms with van der Waals surface area (Å²) in [5.41, 5.74) is 2.51. The zero-order valence-electron chi connectivity index (χ0n) is 15.6. The molecule has 1 aromatic heterocycles. The highest BCUT2D eigenvalue weighted by Crippen LogP contribution is 2.38. The third-order valence-electron chi connectivity index (χ3n) is 5.50. The van der Waals surface area contributed by atoms with Crippen LogP contribution in [0.25, 0.3) is 11.0 Å². The molecule has 0 unspecified atom stereocenters. The van der Waals surface area contributed by atoms with E-state index >= 15 is 0 Å². The molecule has 1 amide bonds. The normalized spacial score (nSPS) is 19.0. The van der Waals surface area contributed by atoms with E-state index in [1.807, 2.05) is 41.3 Å². The number of aromatic nitrogens is 1. The summed E-state index contributed by atoms with van der Waals surface area (Å²) in [5.74, 6) is 1.64. The average molecular weight is 378 g/mol. The zero-order valence-corrected chi connectivity index (χ0v) is 15.6. The number of amides is 1. The lowest BCUT2D eigenvalue weighted by Crippen LogP contribution is -2.32. The molecule has 3 heterocycles. The molecule has 0 radical (unpaired) electrons. The second kappa shape index (κ2) is 7.19. The highest BCUT2D eigenvalue weighted by atomic mass is 16.5. The molecule has 2 aliphatic rings. The van der Waals surface area contributed by atoms with Gasteiger partial charge in [0.25, 0.3) is 0 Å². The Bertz CT molecular complexity index is 1010. The van der Waals surface area contributed by atoms with Crippen molar-refractivity contribution in [3.63, 3.8) is 0 Å². The van der Waals surface area contributed by atoms with E-state index in [9.17, 15) is 4.79 Å². The molecular weight excluding hydrogens is 356 g/mol. The predicted molar refractivity (Wildman–Crippen MR) is 103 cm³/mol. The van der Waals surface area contributed by atoms with Crippen molar-refractivity contribution < 1.29 is 18.8 Å². The number of hydrogen-bond acceptors (Lipinski definition) is 5. The Kier molecular flexibility index (Phi) is 4.39. The maximum Gasteiger partial charge on any atom is 0.229 e. The van der Waals surface area contributed by atoms with Gasteiger partial charge in [0.2, 0.25) is 5.91 Å². The van der Waals surface area contributed by atoms with E-state index in [4.69, 9.17) is 14.0 Å². The maximum absolute atomic E-state index is 13.1. The SMILES string of the molecule is O=C(Cc1noc2ccccc12)N1CCC[C@H]1c1ccc2c(c1)OCCCO2. The van der Waals surface area contributed by atoms with E-state index < -0.39 is 0 Å². The predicted octanol–water partition coefficient (Wildman–Crippen LogP) is 3.90. The molecule has 2 aromatic carbocycles. The number of fused-ring (bicyclic) bond motifs is 2. The third kappa shape index (κ3) is 3.09. The molecule has 0 N–H and O–H groups in total. The van der Waals surface area contributed by atoms with Crippen molar-refractivity contribution in [2.24, 2.45) is 0 Å². The molecule has 1 atom stereocenters. The zero-order chi connectivity index (χ0) is 18.9.